The molecule has 1 saturated carbocycles. The number of benzene rings is 1. The molecule has 0 spiro atoms. The zero-order valence-corrected chi connectivity index (χ0v) is 23.8. The van der Waals surface area contributed by atoms with E-state index in [2.05, 4.69) is 25.6 Å². The largest absolute Gasteiger partial charge is 0.458 e. The Labute approximate surface area is 239 Å². The van der Waals surface area contributed by atoms with Crippen LogP contribution in [0.2, 0.25) is 0 Å². The summed E-state index contributed by atoms with van der Waals surface area (Å²) in [6, 6.07) is 5.46. The van der Waals surface area contributed by atoms with E-state index in [1.165, 1.54) is 30.4 Å². The number of rotatable bonds is 9. The molecule has 0 radical (unpaired) electrons. The summed E-state index contributed by atoms with van der Waals surface area (Å²) in [7, 11) is 0. The number of aliphatic hydroxyl groups is 3. The Morgan fingerprint density at radius 2 is 1.95 bits per heavy atom. The number of aryl methyl sites for hydroxylation is 1. The highest BCUT2D eigenvalue weighted by molar-refractivity contribution is 7.21. The van der Waals surface area contributed by atoms with Gasteiger partial charge in [0.2, 0.25) is 12.3 Å². The predicted octanol–water partition coefficient (Wildman–Crippen LogP) is 4.20. The fraction of sp³-hybridized carbons (Fsp3) is 0.429. The van der Waals surface area contributed by atoms with E-state index in [4.69, 9.17) is 9.72 Å². The third-order valence-electron chi connectivity index (χ3n) is 7.14. The first-order valence-electron chi connectivity index (χ1n) is 13.2. The molecule has 218 valence electrons. The van der Waals surface area contributed by atoms with Crippen LogP contribution in [0.3, 0.4) is 0 Å². The lowest BCUT2D eigenvalue weighted by atomic mass is 9.88. The van der Waals surface area contributed by atoms with E-state index in [9.17, 15) is 24.1 Å². The molecule has 5 N–H and O–H groups in total. The van der Waals surface area contributed by atoms with Gasteiger partial charge in [0.15, 0.2) is 11.6 Å². The Morgan fingerprint density at radius 1 is 1.17 bits per heavy atom. The number of ether oxygens (including phenoxy) is 1. The van der Waals surface area contributed by atoms with Crippen LogP contribution in [0, 0.1) is 18.7 Å². The second kappa shape index (κ2) is 11.4. The molecule has 10 nitrogen and oxygen atoms in total. The zero-order chi connectivity index (χ0) is 29.5. The predicted molar refractivity (Wildman–Crippen MR) is 152 cm³/mol. The normalized spacial score (nSPS) is 21.7. The molecule has 5 rings (SSSR count). The van der Waals surface area contributed by atoms with Crippen LogP contribution in [0.4, 0.5) is 20.5 Å². The first-order valence-corrected chi connectivity index (χ1v) is 14.0. The number of hydrogen-bond donors (Lipinski definition) is 5. The fourth-order valence-electron chi connectivity index (χ4n) is 5.06. The maximum Gasteiger partial charge on any atom is 0.235 e. The maximum absolute atomic E-state index is 14.4. The van der Waals surface area contributed by atoms with Crippen LogP contribution in [0.15, 0.2) is 36.7 Å². The van der Waals surface area contributed by atoms with Crippen molar-refractivity contribution in [2.24, 2.45) is 5.92 Å². The fourth-order valence-corrected chi connectivity index (χ4v) is 6.09. The molecule has 4 aromatic rings. The first kappa shape index (κ1) is 29.0. The van der Waals surface area contributed by atoms with Crippen LogP contribution in [0.25, 0.3) is 20.8 Å². The molecule has 41 heavy (non-hydrogen) atoms. The Kier molecular flexibility index (Phi) is 8.06. The third-order valence-corrected chi connectivity index (χ3v) is 8.20. The average Bonchev–Trinajstić information content (AvgIpc) is 3.45. The quantitative estimate of drug-likeness (QED) is 0.194. The van der Waals surface area contributed by atoms with Crippen LogP contribution in [-0.2, 0) is 6.54 Å². The second-order valence-electron chi connectivity index (χ2n) is 10.7. The minimum absolute atomic E-state index is 0.166. The molecule has 0 aliphatic heterocycles. The van der Waals surface area contributed by atoms with Crippen LogP contribution < -0.4 is 15.4 Å². The molecule has 0 bridgehead atoms. The van der Waals surface area contributed by atoms with Crippen LogP contribution in [-0.4, -0.2) is 65.5 Å². The molecule has 3 heterocycles. The van der Waals surface area contributed by atoms with Crippen molar-refractivity contribution in [1.82, 2.24) is 19.9 Å². The van der Waals surface area contributed by atoms with Gasteiger partial charge < -0.3 is 30.7 Å². The van der Waals surface area contributed by atoms with Crippen molar-refractivity contribution in [3.8, 4) is 16.3 Å². The first-order chi connectivity index (χ1) is 19.4. The van der Waals surface area contributed by atoms with Crippen molar-refractivity contribution in [3.63, 3.8) is 0 Å². The summed E-state index contributed by atoms with van der Waals surface area (Å²) in [5, 5.41) is 39.1. The number of aliphatic hydroxyl groups excluding tert-OH is 2. The molecule has 0 saturated heterocycles. The molecule has 1 aliphatic carbocycles. The van der Waals surface area contributed by atoms with E-state index in [0.29, 0.717) is 34.1 Å². The molecule has 1 aliphatic rings. The molecule has 5 atom stereocenters. The summed E-state index contributed by atoms with van der Waals surface area (Å²) in [6.45, 7) is 6.35. The van der Waals surface area contributed by atoms with E-state index in [-0.39, 0.29) is 18.2 Å². The van der Waals surface area contributed by atoms with Gasteiger partial charge in [0, 0.05) is 25.6 Å². The molecule has 13 heteroatoms. The van der Waals surface area contributed by atoms with Crippen molar-refractivity contribution in [1.29, 1.82) is 0 Å². The summed E-state index contributed by atoms with van der Waals surface area (Å²) in [5.74, 6) is -0.813. The highest BCUT2D eigenvalue weighted by Crippen LogP contribution is 2.40. The van der Waals surface area contributed by atoms with Gasteiger partial charge in [-0.15, -0.1) is 11.3 Å². The van der Waals surface area contributed by atoms with Gasteiger partial charge in [0.05, 0.1) is 39.9 Å². The maximum atomic E-state index is 14.4. The Balaban J connectivity index is 1.46. The van der Waals surface area contributed by atoms with Gasteiger partial charge in [-0.25, -0.2) is 18.7 Å². The van der Waals surface area contributed by atoms with Gasteiger partial charge in [0.25, 0.3) is 0 Å². The SMILES string of the molecule is Cc1nc(NCc2ccc(OC(C)F)c(F)c2)nc(N[C@@H]2C[C@H](C(C)(C)O)[C@@H](O)[C@H]2O)c1-c1nc2cnccc2s1. The summed E-state index contributed by atoms with van der Waals surface area (Å²) in [6.07, 6.45) is -0.269. The zero-order valence-electron chi connectivity index (χ0n) is 23.0. The number of halogens is 2. The lowest BCUT2D eigenvalue weighted by Gasteiger charge is -2.28. The van der Waals surface area contributed by atoms with Crippen molar-refractivity contribution in [2.75, 3.05) is 10.6 Å². The Morgan fingerprint density at radius 3 is 2.61 bits per heavy atom. The molecule has 3 aromatic heterocycles. The highest BCUT2D eigenvalue weighted by Gasteiger charge is 2.48. The summed E-state index contributed by atoms with van der Waals surface area (Å²) in [4.78, 5) is 18.1. The standard InChI is InChI=1S/C28H32F2N6O4S/c1-13-22(26-35-19-12-31-8-7-21(19)41-26)25(34-18-10-16(28(3,4)39)23(37)24(18)38)36-27(33-13)32-11-15-5-6-20(17(30)9-15)40-14(2)29/h5-9,12,14,16,18,23-24,37-39H,10-11H2,1-4H3,(H2,32,33,34,36)/t14?,16-,18+,23+,24-/m0/s1. The molecular weight excluding hydrogens is 554 g/mol. The number of aromatic nitrogens is 4. The molecule has 0 amide bonds. The number of pyridine rings is 1. The number of nitrogens with one attached hydrogen (secondary N) is 2. The third kappa shape index (κ3) is 6.22. The lowest BCUT2D eigenvalue weighted by molar-refractivity contribution is -0.0601. The van der Waals surface area contributed by atoms with Crippen molar-refractivity contribution >= 4 is 33.3 Å². The minimum atomic E-state index is -1.64. The second-order valence-corrected chi connectivity index (χ2v) is 11.8. The number of alkyl halides is 1. The lowest BCUT2D eigenvalue weighted by Crippen LogP contribution is -2.40. The monoisotopic (exact) mass is 586 g/mol. The van der Waals surface area contributed by atoms with Crippen molar-refractivity contribution in [2.45, 2.75) is 70.9 Å². The number of fused-ring (bicyclic) bond motifs is 1. The highest BCUT2D eigenvalue weighted by atomic mass is 32.1. The number of anilines is 2. The van der Waals surface area contributed by atoms with E-state index in [0.717, 1.165) is 10.2 Å². The minimum Gasteiger partial charge on any atom is -0.458 e. The van der Waals surface area contributed by atoms with Crippen LogP contribution >= 0.6 is 11.3 Å². The molecular formula is C28H32F2N6O4S. The van der Waals surface area contributed by atoms with Gasteiger partial charge in [-0.1, -0.05) is 6.07 Å². The summed E-state index contributed by atoms with van der Waals surface area (Å²) in [5.41, 5.74) is 1.29. The van der Waals surface area contributed by atoms with Crippen LogP contribution in [0.5, 0.6) is 5.75 Å². The summed E-state index contributed by atoms with van der Waals surface area (Å²) < 4.78 is 33.2. The molecule has 1 unspecified atom stereocenters. The number of hydrogen-bond acceptors (Lipinski definition) is 11. The van der Waals surface area contributed by atoms with E-state index >= 15 is 0 Å². The molecule has 1 aromatic carbocycles. The van der Waals surface area contributed by atoms with Crippen molar-refractivity contribution in [3.05, 3.63) is 53.7 Å². The molecule has 1 fully saturated rings. The smallest absolute Gasteiger partial charge is 0.235 e. The van der Waals surface area contributed by atoms with Gasteiger partial charge in [-0.05, 0) is 51.0 Å². The topological polar surface area (TPSA) is 146 Å². The van der Waals surface area contributed by atoms with Crippen LogP contribution in [0.1, 0.15) is 38.4 Å². The van der Waals surface area contributed by atoms with E-state index in [1.54, 1.807) is 39.2 Å². The van der Waals surface area contributed by atoms with Crippen molar-refractivity contribution < 1.29 is 28.8 Å². The summed E-state index contributed by atoms with van der Waals surface area (Å²) >= 11 is 1.44. The number of thiazole rings is 1. The Hall–Kier alpha value is -3.52. The van der Waals surface area contributed by atoms with Gasteiger partial charge in [-0.3, -0.25) is 4.98 Å². The average molecular weight is 587 g/mol. The van der Waals surface area contributed by atoms with Gasteiger partial charge in [0.1, 0.15) is 22.4 Å². The Bertz CT molecular complexity index is 1510. The van der Waals surface area contributed by atoms with Gasteiger partial charge >= 0.3 is 0 Å². The van der Waals surface area contributed by atoms with Gasteiger partial charge in [-0.2, -0.15) is 4.98 Å². The van der Waals surface area contributed by atoms with E-state index in [1.807, 2.05) is 6.07 Å². The number of nitrogens with zero attached hydrogens (tertiary/aromatic N) is 4. The van der Waals surface area contributed by atoms with E-state index < -0.39 is 41.9 Å².